The number of nitrogens with one attached hydrogen (secondary N) is 1. The van der Waals surface area contributed by atoms with Gasteiger partial charge in [-0.25, -0.2) is 0 Å². The molecule has 0 aromatic heterocycles. The van der Waals surface area contributed by atoms with Crippen LogP contribution < -0.4 is 5.32 Å². The fourth-order valence-corrected chi connectivity index (χ4v) is 3.79. The molecule has 1 unspecified atom stereocenters. The van der Waals surface area contributed by atoms with Gasteiger partial charge in [0, 0.05) is 39.3 Å². The molecular formula is C19H30N4. The largest absolute Gasteiger partial charge is 0.355 e. The van der Waals surface area contributed by atoms with Crippen LogP contribution in [0.1, 0.15) is 37.7 Å². The Labute approximate surface area is 140 Å². The molecule has 4 heteroatoms. The van der Waals surface area contributed by atoms with Crippen molar-refractivity contribution in [2.24, 2.45) is 4.99 Å². The van der Waals surface area contributed by atoms with Gasteiger partial charge in [0.2, 0.25) is 0 Å². The first kappa shape index (κ1) is 16.3. The van der Waals surface area contributed by atoms with E-state index in [1.807, 2.05) is 7.05 Å². The number of nitrogens with zero attached hydrogens (tertiary/aromatic N) is 3. The number of hydrogen-bond donors (Lipinski definition) is 1. The second kappa shape index (κ2) is 8.34. The summed E-state index contributed by atoms with van der Waals surface area (Å²) in [6.07, 6.45) is 6.55. The molecule has 2 saturated heterocycles. The van der Waals surface area contributed by atoms with Crippen LogP contribution >= 0.6 is 0 Å². The molecule has 1 aromatic carbocycles. The molecule has 2 aliphatic heterocycles. The van der Waals surface area contributed by atoms with Crippen molar-refractivity contribution in [2.75, 3.05) is 33.2 Å². The number of likely N-dealkylation sites (tertiary alicyclic amines) is 2. The zero-order chi connectivity index (χ0) is 15.9. The lowest BCUT2D eigenvalue weighted by Crippen LogP contribution is -2.49. The van der Waals surface area contributed by atoms with Crippen molar-refractivity contribution in [3.8, 4) is 0 Å². The molecule has 23 heavy (non-hydrogen) atoms. The Morgan fingerprint density at radius 3 is 2.57 bits per heavy atom. The number of piperidine rings is 1. The first-order valence-corrected chi connectivity index (χ1v) is 9.10. The van der Waals surface area contributed by atoms with E-state index in [2.05, 4.69) is 50.4 Å². The van der Waals surface area contributed by atoms with E-state index in [4.69, 9.17) is 0 Å². The van der Waals surface area contributed by atoms with Crippen LogP contribution in [-0.2, 0) is 6.54 Å². The summed E-state index contributed by atoms with van der Waals surface area (Å²) in [5.74, 6) is 1.09. The number of benzene rings is 1. The molecule has 126 valence electrons. The van der Waals surface area contributed by atoms with Crippen LogP contribution in [0.5, 0.6) is 0 Å². The van der Waals surface area contributed by atoms with Crippen LogP contribution in [0, 0.1) is 0 Å². The summed E-state index contributed by atoms with van der Waals surface area (Å²) >= 11 is 0. The van der Waals surface area contributed by atoms with E-state index in [9.17, 15) is 0 Å². The summed E-state index contributed by atoms with van der Waals surface area (Å²) in [6, 6.07) is 11.5. The van der Waals surface area contributed by atoms with Gasteiger partial charge in [-0.15, -0.1) is 0 Å². The molecule has 0 radical (unpaired) electrons. The van der Waals surface area contributed by atoms with Crippen LogP contribution in [0.25, 0.3) is 0 Å². The van der Waals surface area contributed by atoms with Gasteiger partial charge in [-0.2, -0.15) is 0 Å². The molecule has 0 bridgehead atoms. The zero-order valence-corrected chi connectivity index (χ0v) is 14.4. The monoisotopic (exact) mass is 314 g/mol. The first-order chi connectivity index (χ1) is 11.4. The number of guanidine groups is 1. The van der Waals surface area contributed by atoms with Gasteiger partial charge in [0.1, 0.15) is 0 Å². The van der Waals surface area contributed by atoms with Gasteiger partial charge in [0.25, 0.3) is 0 Å². The molecule has 3 rings (SSSR count). The maximum atomic E-state index is 4.48. The highest BCUT2D eigenvalue weighted by Crippen LogP contribution is 2.19. The lowest BCUT2D eigenvalue weighted by molar-refractivity contribution is 0.140. The van der Waals surface area contributed by atoms with Gasteiger partial charge in [-0.05, 0) is 37.8 Å². The maximum Gasteiger partial charge on any atom is 0.193 e. The van der Waals surface area contributed by atoms with Crippen LogP contribution in [0.3, 0.4) is 0 Å². The van der Waals surface area contributed by atoms with E-state index in [0.29, 0.717) is 6.04 Å². The van der Waals surface area contributed by atoms with E-state index >= 15 is 0 Å². The Morgan fingerprint density at radius 1 is 1.09 bits per heavy atom. The lowest BCUT2D eigenvalue weighted by atomic mass is 10.0. The molecule has 0 saturated carbocycles. The number of aliphatic imine (C=N–C) groups is 1. The second-order valence-corrected chi connectivity index (χ2v) is 6.73. The van der Waals surface area contributed by atoms with Crippen LogP contribution in [0.4, 0.5) is 0 Å². The standard InChI is InChI=1S/C19H30N4/c1-20-19(22-12-7-8-13-22)21-15-18-11-5-6-14-23(18)16-17-9-3-2-4-10-17/h2-4,9-10,18H,5-8,11-16H2,1H3,(H,20,21). The Balaban J connectivity index is 1.55. The van der Waals surface area contributed by atoms with Crippen molar-refractivity contribution >= 4 is 5.96 Å². The van der Waals surface area contributed by atoms with Crippen molar-refractivity contribution < 1.29 is 0 Å². The molecule has 1 atom stereocenters. The molecule has 2 aliphatic rings. The van der Waals surface area contributed by atoms with Gasteiger partial charge in [-0.1, -0.05) is 36.8 Å². The highest BCUT2D eigenvalue weighted by Gasteiger charge is 2.23. The molecule has 4 nitrogen and oxygen atoms in total. The SMILES string of the molecule is CN=C(NCC1CCCCN1Cc1ccccc1)N1CCCC1. The summed E-state index contributed by atoms with van der Waals surface area (Å²) in [5, 5.41) is 3.63. The number of hydrogen-bond acceptors (Lipinski definition) is 2. The molecule has 0 amide bonds. The first-order valence-electron chi connectivity index (χ1n) is 9.10. The van der Waals surface area contributed by atoms with Crippen molar-refractivity contribution in [2.45, 2.75) is 44.7 Å². The highest BCUT2D eigenvalue weighted by atomic mass is 15.3. The molecule has 2 fully saturated rings. The van der Waals surface area contributed by atoms with E-state index in [1.54, 1.807) is 0 Å². The molecule has 2 heterocycles. The Morgan fingerprint density at radius 2 is 1.83 bits per heavy atom. The van der Waals surface area contributed by atoms with Crippen LogP contribution in [0.2, 0.25) is 0 Å². The Kier molecular flexibility index (Phi) is 5.92. The van der Waals surface area contributed by atoms with Crippen molar-refractivity contribution in [3.05, 3.63) is 35.9 Å². The summed E-state index contributed by atoms with van der Waals surface area (Å²) in [4.78, 5) is 9.51. The quantitative estimate of drug-likeness (QED) is 0.685. The van der Waals surface area contributed by atoms with Gasteiger partial charge in [-0.3, -0.25) is 9.89 Å². The van der Waals surface area contributed by atoms with Crippen molar-refractivity contribution in [3.63, 3.8) is 0 Å². The normalized spacial score (nSPS) is 23.3. The van der Waals surface area contributed by atoms with Crippen LogP contribution in [-0.4, -0.2) is 55.0 Å². The fourth-order valence-electron chi connectivity index (χ4n) is 3.79. The van der Waals surface area contributed by atoms with Gasteiger partial charge < -0.3 is 10.2 Å². The summed E-state index contributed by atoms with van der Waals surface area (Å²) < 4.78 is 0. The molecule has 1 N–H and O–H groups in total. The van der Waals surface area contributed by atoms with E-state index < -0.39 is 0 Å². The van der Waals surface area contributed by atoms with Crippen molar-refractivity contribution in [1.29, 1.82) is 0 Å². The van der Waals surface area contributed by atoms with E-state index in [0.717, 1.165) is 32.1 Å². The molecule has 0 spiro atoms. The fraction of sp³-hybridized carbons (Fsp3) is 0.632. The topological polar surface area (TPSA) is 30.9 Å². The highest BCUT2D eigenvalue weighted by molar-refractivity contribution is 5.80. The third-order valence-electron chi connectivity index (χ3n) is 5.09. The molecule has 1 aromatic rings. The van der Waals surface area contributed by atoms with E-state index in [-0.39, 0.29) is 0 Å². The van der Waals surface area contributed by atoms with Gasteiger partial charge >= 0.3 is 0 Å². The average Bonchev–Trinajstić information content (AvgIpc) is 3.12. The Bertz CT molecular complexity index is 493. The zero-order valence-electron chi connectivity index (χ0n) is 14.4. The molecule has 0 aliphatic carbocycles. The predicted molar refractivity (Wildman–Crippen MR) is 96.7 cm³/mol. The maximum absolute atomic E-state index is 4.48. The average molecular weight is 314 g/mol. The van der Waals surface area contributed by atoms with Gasteiger partial charge in [0.15, 0.2) is 5.96 Å². The van der Waals surface area contributed by atoms with Crippen molar-refractivity contribution in [1.82, 2.24) is 15.1 Å². The minimum Gasteiger partial charge on any atom is -0.355 e. The predicted octanol–water partition coefficient (Wildman–Crippen LogP) is 2.71. The minimum atomic E-state index is 0.614. The smallest absolute Gasteiger partial charge is 0.193 e. The van der Waals surface area contributed by atoms with Gasteiger partial charge in [0.05, 0.1) is 0 Å². The summed E-state index contributed by atoms with van der Waals surface area (Å²) in [6.45, 7) is 5.59. The third kappa shape index (κ3) is 4.47. The number of rotatable bonds is 4. The third-order valence-corrected chi connectivity index (χ3v) is 5.09. The lowest BCUT2D eigenvalue weighted by Gasteiger charge is -2.36. The summed E-state index contributed by atoms with van der Waals surface area (Å²) in [7, 11) is 1.91. The second-order valence-electron chi connectivity index (χ2n) is 6.73. The van der Waals surface area contributed by atoms with Crippen LogP contribution in [0.15, 0.2) is 35.3 Å². The van der Waals surface area contributed by atoms with E-state index in [1.165, 1.54) is 44.2 Å². The summed E-state index contributed by atoms with van der Waals surface area (Å²) in [5.41, 5.74) is 1.42. The Hall–Kier alpha value is -1.55. The minimum absolute atomic E-state index is 0.614. The molecular weight excluding hydrogens is 284 g/mol.